The normalized spacial score (nSPS) is 25.1. The Morgan fingerprint density at radius 1 is 1.39 bits per heavy atom. The number of carbonyl (C=O) groups is 1. The van der Waals surface area contributed by atoms with Gasteiger partial charge < -0.3 is 5.32 Å². The molecule has 1 heterocycles. The van der Waals surface area contributed by atoms with Gasteiger partial charge in [-0.1, -0.05) is 19.1 Å². The van der Waals surface area contributed by atoms with Crippen LogP contribution in [0, 0.1) is 5.82 Å². The lowest BCUT2D eigenvalue weighted by atomic mass is 9.87. The number of carbonyl (C=O) groups excluding carboxylic acids is 1. The molecule has 96 valence electrons. The molecule has 0 saturated carbocycles. The predicted octanol–water partition coefficient (Wildman–Crippen LogP) is 1.53. The summed E-state index contributed by atoms with van der Waals surface area (Å²) in [4.78, 5) is 16.3. The van der Waals surface area contributed by atoms with Crippen LogP contribution in [0.5, 0.6) is 0 Å². The van der Waals surface area contributed by atoms with Crippen LogP contribution >= 0.6 is 0 Å². The number of amides is 1. The zero-order valence-corrected chi connectivity index (χ0v) is 10.5. The second-order valence-electron chi connectivity index (χ2n) is 4.17. The van der Waals surface area contributed by atoms with Gasteiger partial charge in [-0.15, -0.1) is 0 Å². The van der Waals surface area contributed by atoms with Crippen LogP contribution < -0.4 is 10.6 Å². The summed E-state index contributed by atoms with van der Waals surface area (Å²) in [7, 11) is 0. The molecule has 1 aromatic rings. The van der Waals surface area contributed by atoms with Gasteiger partial charge >= 0.3 is 0 Å². The van der Waals surface area contributed by atoms with Crippen molar-refractivity contribution < 1.29 is 9.18 Å². The van der Waals surface area contributed by atoms with Crippen LogP contribution in [0.4, 0.5) is 4.39 Å². The summed E-state index contributed by atoms with van der Waals surface area (Å²) >= 11 is 0. The Kier molecular flexibility index (Phi) is 3.32. The summed E-state index contributed by atoms with van der Waals surface area (Å²) < 4.78 is 13.3. The lowest BCUT2D eigenvalue weighted by Crippen LogP contribution is -2.43. The van der Waals surface area contributed by atoms with Crippen molar-refractivity contribution in [3.8, 4) is 0 Å². The molecule has 1 amide bonds. The van der Waals surface area contributed by atoms with Gasteiger partial charge in [0.1, 0.15) is 11.4 Å². The molecule has 1 fully saturated rings. The first kappa shape index (κ1) is 12.5. The minimum atomic E-state index is -0.921. The second-order valence-corrected chi connectivity index (χ2v) is 4.17. The van der Waals surface area contributed by atoms with Gasteiger partial charge in [0.25, 0.3) is 5.91 Å². The first-order valence-electron chi connectivity index (χ1n) is 6.02. The molecule has 1 atom stereocenters. The van der Waals surface area contributed by atoms with E-state index in [1.807, 2.05) is 13.8 Å². The molecule has 0 aromatic heterocycles. The van der Waals surface area contributed by atoms with Gasteiger partial charge in [-0.2, -0.15) is 0 Å². The number of benzene rings is 1. The van der Waals surface area contributed by atoms with E-state index in [2.05, 4.69) is 15.6 Å². The first-order valence-corrected chi connectivity index (χ1v) is 6.02. The molecule has 1 unspecified atom stereocenters. The molecule has 0 spiro atoms. The highest BCUT2D eigenvalue weighted by Crippen LogP contribution is 2.28. The van der Waals surface area contributed by atoms with Crippen LogP contribution in [0.1, 0.15) is 25.8 Å². The Labute approximate surface area is 105 Å². The molecule has 1 aromatic carbocycles. The molecular formula is C13H16FN3O. The van der Waals surface area contributed by atoms with Gasteiger partial charge in [0.2, 0.25) is 0 Å². The zero-order valence-electron chi connectivity index (χ0n) is 10.5. The lowest BCUT2D eigenvalue weighted by molar-refractivity contribution is -0.124. The molecule has 0 radical (unpaired) electrons. The van der Waals surface area contributed by atoms with Gasteiger partial charge in [0.15, 0.2) is 5.96 Å². The van der Waals surface area contributed by atoms with E-state index in [9.17, 15) is 9.18 Å². The van der Waals surface area contributed by atoms with Crippen molar-refractivity contribution in [1.82, 2.24) is 10.6 Å². The molecule has 2 rings (SSSR count). The van der Waals surface area contributed by atoms with Crippen molar-refractivity contribution >= 4 is 11.9 Å². The Balaban J connectivity index is 2.43. The van der Waals surface area contributed by atoms with Gasteiger partial charge in [0, 0.05) is 6.54 Å². The highest BCUT2D eigenvalue weighted by molar-refractivity contribution is 6.09. The van der Waals surface area contributed by atoms with Crippen molar-refractivity contribution in [3.63, 3.8) is 0 Å². The average molecular weight is 249 g/mol. The number of halogens is 1. The molecule has 18 heavy (non-hydrogen) atoms. The molecular weight excluding hydrogens is 233 g/mol. The third-order valence-corrected chi connectivity index (χ3v) is 3.12. The minimum absolute atomic E-state index is 0.192. The van der Waals surface area contributed by atoms with Gasteiger partial charge in [0.05, 0.1) is 0 Å². The van der Waals surface area contributed by atoms with Crippen LogP contribution in [0.3, 0.4) is 0 Å². The van der Waals surface area contributed by atoms with E-state index in [4.69, 9.17) is 0 Å². The summed E-state index contributed by atoms with van der Waals surface area (Å²) in [6.45, 7) is 4.34. The van der Waals surface area contributed by atoms with Gasteiger partial charge in [-0.3, -0.25) is 15.1 Å². The highest BCUT2D eigenvalue weighted by atomic mass is 19.1. The van der Waals surface area contributed by atoms with E-state index in [0.717, 1.165) is 0 Å². The summed E-state index contributed by atoms with van der Waals surface area (Å²) in [5.41, 5.74) is -0.306. The first-order chi connectivity index (χ1) is 8.62. The Morgan fingerprint density at radius 3 is 2.78 bits per heavy atom. The molecule has 0 bridgehead atoms. The Bertz CT molecular complexity index is 501. The zero-order chi connectivity index (χ0) is 13.2. The fraction of sp³-hybridized carbons (Fsp3) is 0.385. The average Bonchev–Trinajstić information content (AvgIpc) is 2.67. The Hall–Kier alpha value is -1.91. The van der Waals surface area contributed by atoms with Gasteiger partial charge in [-0.05, 0) is 31.0 Å². The summed E-state index contributed by atoms with van der Waals surface area (Å²) in [5, 5.41) is 5.76. The van der Waals surface area contributed by atoms with Crippen molar-refractivity contribution in [3.05, 3.63) is 35.6 Å². The third kappa shape index (κ3) is 1.96. The van der Waals surface area contributed by atoms with Crippen molar-refractivity contribution in [2.75, 3.05) is 6.54 Å². The van der Waals surface area contributed by atoms with Crippen molar-refractivity contribution in [2.24, 2.45) is 4.99 Å². The largest absolute Gasteiger partial charge is 0.338 e. The summed E-state index contributed by atoms with van der Waals surface area (Å²) in [6, 6.07) is 6.09. The predicted molar refractivity (Wildman–Crippen MR) is 67.6 cm³/mol. The number of guanidine groups is 1. The summed E-state index contributed by atoms with van der Waals surface area (Å²) in [5.74, 6) is -0.0905. The molecule has 1 saturated heterocycles. The molecule has 0 aliphatic carbocycles. The van der Waals surface area contributed by atoms with Crippen LogP contribution in [-0.4, -0.2) is 18.4 Å². The summed E-state index contributed by atoms with van der Waals surface area (Å²) in [6.07, 6.45) is 0.519. The molecule has 4 nitrogen and oxygen atoms in total. The number of hydrogen-bond acceptors (Lipinski definition) is 2. The molecule has 1 aliphatic heterocycles. The van der Waals surface area contributed by atoms with Crippen LogP contribution in [-0.2, 0) is 10.3 Å². The van der Waals surface area contributed by atoms with Gasteiger partial charge in [-0.25, -0.2) is 4.39 Å². The maximum atomic E-state index is 13.3. The smallest absolute Gasteiger partial charge is 0.257 e. The van der Waals surface area contributed by atoms with Crippen molar-refractivity contribution in [2.45, 2.75) is 25.8 Å². The molecule has 5 heteroatoms. The van der Waals surface area contributed by atoms with Crippen LogP contribution in [0.25, 0.3) is 0 Å². The maximum Gasteiger partial charge on any atom is 0.257 e. The van der Waals surface area contributed by atoms with E-state index in [0.29, 0.717) is 24.5 Å². The number of nitrogens with zero attached hydrogens (tertiary/aromatic N) is 1. The Morgan fingerprint density at radius 2 is 2.17 bits per heavy atom. The lowest BCUT2D eigenvalue weighted by Gasteiger charge is -2.25. The number of nitrogens with one attached hydrogen (secondary N) is 2. The van der Waals surface area contributed by atoms with E-state index in [1.165, 1.54) is 12.1 Å². The van der Waals surface area contributed by atoms with E-state index < -0.39 is 5.54 Å². The quantitative estimate of drug-likeness (QED) is 0.853. The van der Waals surface area contributed by atoms with Crippen molar-refractivity contribution in [1.29, 1.82) is 0 Å². The highest BCUT2D eigenvalue weighted by Gasteiger charge is 2.45. The monoisotopic (exact) mass is 249 g/mol. The van der Waals surface area contributed by atoms with Crippen LogP contribution in [0.2, 0.25) is 0 Å². The number of rotatable bonds is 3. The van der Waals surface area contributed by atoms with Crippen LogP contribution in [0.15, 0.2) is 29.3 Å². The van der Waals surface area contributed by atoms with E-state index >= 15 is 0 Å². The maximum absolute atomic E-state index is 13.3. The standard InChI is InChI=1S/C13H16FN3O/c1-3-13(9-6-5-7-10(14)8-9)11(18)16-12(17-13)15-4-2/h5-8H,3-4H2,1-2H3,(H2,15,16,17,18). The second kappa shape index (κ2) is 4.76. The molecule has 2 N–H and O–H groups in total. The third-order valence-electron chi connectivity index (χ3n) is 3.12. The minimum Gasteiger partial charge on any atom is -0.338 e. The fourth-order valence-corrected chi connectivity index (χ4v) is 2.15. The fourth-order valence-electron chi connectivity index (χ4n) is 2.15. The number of aliphatic imine (C=N–C) groups is 1. The topological polar surface area (TPSA) is 53.5 Å². The SMILES string of the molecule is CCN=C1NC(=O)C(CC)(c2cccc(F)c2)N1. The molecule has 1 aliphatic rings. The number of hydrogen-bond donors (Lipinski definition) is 2. The van der Waals surface area contributed by atoms with E-state index in [1.54, 1.807) is 12.1 Å². The van der Waals surface area contributed by atoms with E-state index in [-0.39, 0.29) is 11.7 Å².